The van der Waals surface area contributed by atoms with Crippen LogP contribution in [0, 0.1) is 0 Å². The van der Waals surface area contributed by atoms with Crippen LogP contribution >= 0.6 is 0 Å². The highest BCUT2D eigenvalue weighted by molar-refractivity contribution is 5.91. The van der Waals surface area contributed by atoms with Gasteiger partial charge in [0.15, 0.2) is 0 Å². The highest BCUT2D eigenvalue weighted by Crippen LogP contribution is 2.29. The Morgan fingerprint density at radius 1 is 1.15 bits per heavy atom. The molecule has 0 amide bonds. The molecule has 27 heavy (non-hydrogen) atoms. The van der Waals surface area contributed by atoms with Crippen molar-refractivity contribution in [2.45, 2.75) is 0 Å². The predicted molar refractivity (Wildman–Crippen MR) is 99.1 cm³/mol. The molecule has 1 aromatic carbocycles. The van der Waals surface area contributed by atoms with Gasteiger partial charge in [-0.2, -0.15) is 10.1 Å². The van der Waals surface area contributed by atoms with Gasteiger partial charge in [0.2, 0.25) is 12.3 Å². The van der Waals surface area contributed by atoms with E-state index in [9.17, 15) is 0 Å². The van der Waals surface area contributed by atoms with Crippen LogP contribution in [0.1, 0.15) is 0 Å². The molecule has 0 radical (unpaired) electrons. The lowest BCUT2D eigenvalue weighted by molar-refractivity contribution is 0.571. The summed E-state index contributed by atoms with van der Waals surface area (Å²) in [7, 11) is 1.90. The van der Waals surface area contributed by atoms with Crippen LogP contribution < -0.4 is 10.2 Å². The number of benzene rings is 1. The summed E-state index contributed by atoms with van der Waals surface area (Å²) in [6, 6.07) is 8.03. The number of aromatic amines is 1. The summed E-state index contributed by atoms with van der Waals surface area (Å²) in [5, 5.41) is 19.4. The largest absolute Gasteiger partial charge is 0.411 e. The van der Waals surface area contributed by atoms with E-state index < -0.39 is 0 Å². The Balaban J connectivity index is 1.61. The van der Waals surface area contributed by atoms with Crippen molar-refractivity contribution in [3.63, 3.8) is 0 Å². The first-order valence-electron chi connectivity index (χ1n) is 8.10. The third kappa shape index (κ3) is 2.68. The second kappa shape index (κ2) is 6.02. The van der Waals surface area contributed by atoms with Crippen LogP contribution in [0.5, 0.6) is 0 Å². The van der Waals surface area contributed by atoms with E-state index in [1.165, 1.54) is 6.39 Å². The Labute approximate surface area is 152 Å². The minimum absolute atomic E-state index is 0.250. The van der Waals surface area contributed by atoms with Crippen molar-refractivity contribution in [3.05, 3.63) is 49.2 Å². The normalized spacial score (nSPS) is 11.1. The molecule has 0 unspecified atom stereocenters. The Kier molecular flexibility index (Phi) is 3.39. The molecular formula is C17H13N9O. The molecule has 0 aliphatic carbocycles. The molecule has 0 bridgehead atoms. The number of fused-ring (bicyclic) bond motifs is 2. The molecule has 4 heterocycles. The van der Waals surface area contributed by atoms with Crippen molar-refractivity contribution in [1.82, 2.24) is 35.3 Å². The van der Waals surface area contributed by atoms with E-state index in [0.717, 1.165) is 22.0 Å². The van der Waals surface area contributed by atoms with Crippen LogP contribution in [0.25, 0.3) is 21.8 Å². The minimum Gasteiger partial charge on any atom is -0.411 e. The molecule has 0 aliphatic rings. The van der Waals surface area contributed by atoms with E-state index in [0.29, 0.717) is 17.3 Å². The van der Waals surface area contributed by atoms with Gasteiger partial charge < -0.3 is 9.32 Å². The number of H-pyrrole nitrogens is 1. The second-order valence-electron chi connectivity index (χ2n) is 5.83. The highest BCUT2D eigenvalue weighted by Gasteiger charge is 2.14. The molecule has 4 aromatic heterocycles. The first-order valence-corrected chi connectivity index (χ1v) is 8.10. The number of anilines is 4. The fourth-order valence-corrected chi connectivity index (χ4v) is 2.80. The zero-order valence-corrected chi connectivity index (χ0v) is 14.2. The van der Waals surface area contributed by atoms with Gasteiger partial charge in [-0.25, -0.2) is 4.98 Å². The predicted octanol–water partition coefficient (Wildman–Crippen LogP) is 2.80. The maximum Gasteiger partial charge on any atom is 0.321 e. The summed E-state index contributed by atoms with van der Waals surface area (Å²) in [6.45, 7) is 0. The van der Waals surface area contributed by atoms with Gasteiger partial charge in [0.1, 0.15) is 5.82 Å². The van der Waals surface area contributed by atoms with Gasteiger partial charge >= 0.3 is 6.01 Å². The summed E-state index contributed by atoms with van der Waals surface area (Å²) in [6.07, 6.45) is 6.40. The molecule has 5 aromatic rings. The fraction of sp³-hybridized carbons (Fsp3) is 0.0588. The third-order valence-electron chi connectivity index (χ3n) is 4.18. The molecule has 10 nitrogen and oxygen atoms in total. The molecule has 0 fully saturated rings. The lowest BCUT2D eigenvalue weighted by Crippen LogP contribution is -2.14. The van der Waals surface area contributed by atoms with Gasteiger partial charge in [0.05, 0.1) is 23.4 Å². The average molecular weight is 359 g/mol. The lowest BCUT2D eigenvalue weighted by Gasteiger charge is -2.19. The zero-order valence-electron chi connectivity index (χ0n) is 14.2. The second-order valence-corrected chi connectivity index (χ2v) is 5.83. The van der Waals surface area contributed by atoms with E-state index in [-0.39, 0.29) is 6.01 Å². The first-order chi connectivity index (χ1) is 13.3. The average Bonchev–Trinajstić information content (AvgIpc) is 3.38. The van der Waals surface area contributed by atoms with Gasteiger partial charge in [-0.05, 0) is 24.3 Å². The molecular weight excluding hydrogens is 346 g/mol. The number of nitrogens with zero attached hydrogens (tertiary/aromatic N) is 7. The number of pyridine rings is 1. The molecule has 0 aliphatic heterocycles. The fourth-order valence-electron chi connectivity index (χ4n) is 2.80. The van der Waals surface area contributed by atoms with Crippen molar-refractivity contribution in [3.8, 4) is 0 Å². The maximum absolute atomic E-state index is 5.18. The number of rotatable bonds is 4. The highest BCUT2D eigenvalue weighted by atomic mass is 16.4. The van der Waals surface area contributed by atoms with Crippen molar-refractivity contribution in [2.75, 3.05) is 17.3 Å². The molecule has 0 atom stereocenters. The van der Waals surface area contributed by atoms with Gasteiger partial charge in [0.25, 0.3) is 0 Å². The molecule has 132 valence electrons. The first kappa shape index (κ1) is 15.2. The summed E-state index contributed by atoms with van der Waals surface area (Å²) in [5.41, 5.74) is 2.59. The van der Waals surface area contributed by atoms with Crippen molar-refractivity contribution < 1.29 is 4.42 Å². The van der Waals surface area contributed by atoms with Crippen molar-refractivity contribution >= 4 is 45.3 Å². The molecule has 5 rings (SSSR count). The topological polar surface area (TPSA) is 122 Å². The van der Waals surface area contributed by atoms with E-state index in [4.69, 9.17) is 4.42 Å². The number of aromatic nitrogens is 7. The van der Waals surface area contributed by atoms with Crippen LogP contribution in [0.15, 0.2) is 53.7 Å². The van der Waals surface area contributed by atoms with Gasteiger partial charge in [-0.1, -0.05) is 5.10 Å². The zero-order chi connectivity index (χ0) is 18.2. The van der Waals surface area contributed by atoms with Crippen LogP contribution in [0.4, 0.5) is 23.5 Å². The summed E-state index contributed by atoms with van der Waals surface area (Å²) in [4.78, 5) is 15.3. The molecule has 10 heteroatoms. The van der Waals surface area contributed by atoms with Crippen LogP contribution in [0.2, 0.25) is 0 Å². The smallest absolute Gasteiger partial charge is 0.321 e. The molecule has 0 saturated heterocycles. The monoisotopic (exact) mass is 359 g/mol. The van der Waals surface area contributed by atoms with Gasteiger partial charge in [-0.15, -0.1) is 5.10 Å². The number of hydrogen-bond acceptors (Lipinski definition) is 9. The lowest BCUT2D eigenvalue weighted by atomic mass is 10.2. The van der Waals surface area contributed by atoms with Crippen LogP contribution in [-0.2, 0) is 0 Å². The van der Waals surface area contributed by atoms with E-state index in [2.05, 4.69) is 40.7 Å². The molecule has 2 N–H and O–H groups in total. The van der Waals surface area contributed by atoms with Crippen LogP contribution in [-0.4, -0.2) is 42.4 Å². The molecule has 0 saturated carbocycles. The number of hydrogen-bond donors (Lipinski definition) is 2. The Bertz CT molecular complexity index is 1230. The Morgan fingerprint density at radius 2 is 2.11 bits per heavy atom. The quantitative estimate of drug-likeness (QED) is 0.498. The maximum atomic E-state index is 5.18. The number of nitrogens with one attached hydrogen (secondary N) is 2. The third-order valence-corrected chi connectivity index (χ3v) is 4.18. The standard InChI is InChI=1S/C17H13N9O/c1-26(11-2-3-13-10(6-11)7-19-24-13)16-21-14-8-18-5-4-12(14)15(22-16)23-17-25-20-9-27-17/h2-9H,1H3,(H,19,24)(H,21,22,23,25). The summed E-state index contributed by atoms with van der Waals surface area (Å²) in [5.74, 6) is 1.05. The SMILES string of the molecule is CN(c1ccc2[nH]ncc2c1)c1nc(Nc2nnco2)c2ccncc2n1. The van der Waals surface area contributed by atoms with Crippen molar-refractivity contribution in [2.24, 2.45) is 0 Å². The summed E-state index contributed by atoms with van der Waals surface area (Å²) >= 11 is 0. The van der Waals surface area contributed by atoms with E-state index in [1.54, 1.807) is 18.6 Å². The van der Waals surface area contributed by atoms with E-state index >= 15 is 0 Å². The summed E-state index contributed by atoms with van der Waals surface area (Å²) < 4.78 is 5.18. The Hall–Kier alpha value is -4.08. The Morgan fingerprint density at radius 3 is 3.00 bits per heavy atom. The van der Waals surface area contributed by atoms with Gasteiger partial charge in [0, 0.05) is 29.7 Å². The molecule has 0 spiro atoms. The van der Waals surface area contributed by atoms with Crippen molar-refractivity contribution in [1.29, 1.82) is 0 Å². The minimum atomic E-state index is 0.250. The van der Waals surface area contributed by atoms with E-state index in [1.807, 2.05) is 36.2 Å². The van der Waals surface area contributed by atoms with Gasteiger partial charge in [-0.3, -0.25) is 15.4 Å². The van der Waals surface area contributed by atoms with Crippen LogP contribution in [0.3, 0.4) is 0 Å².